The molecule has 112 valence electrons. The number of aliphatic hydroxyl groups is 2. The van der Waals surface area contributed by atoms with Crippen molar-refractivity contribution < 1.29 is 10.2 Å². The van der Waals surface area contributed by atoms with Crippen LogP contribution in [0, 0.1) is 0 Å². The zero-order valence-electron chi connectivity index (χ0n) is 12.0. The predicted octanol–water partition coefficient (Wildman–Crippen LogP) is 2.05. The zero-order chi connectivity index (χ0) is 14.7. The highest BCUT2D eigenvalue weighted by Gasteiger charge is 2.31. The minimum absolute atomic E-state index is 0.234. The predicted molar refractivity (Wildman–Crippen MR) is 85.1 cm³/mol. The van der Waals surface area contributed by atoms with Crippen molar-refractivity contribution in [2.75, 3.05) is 24.5 Å². The van der Waals surface area contributed by atoms with Crippen LogP contribution in [0.5, 0.6) is 0 Å². The second-order valence-corrected chi connectivity index (χ2v) is 6.33. The molecular formula is C15H23BrN2O2. The van der Waals surface area contributed by atoms with E-state index in [1.807, 2.05) is 12.1 Å². The average Bonchev–Trinajstić information content (AvgIpc) is 2.75. The van der Waals surface area contributed by atoms with Gasteiger partial charge in [0.1, 0.15) is 0 Å². The smallest absolute Gasteiger partial charge is 0.0990 e. The molecule has 1 aromatic rings. The molecule has 0 radical (unpaired) electrons. The van der Waals surface area contributed by atoms with Gasteiger partial charge in [-0.25, -0.2) is 0 Å². The normalized spacial score (nSPS) is 24.1. The molecule has 0 amide bonds. The molecule has 1 aromatic carbocycles. The molecule has 1 heterocycles. The van der Waals surface area contributed by atoms with Crippen LogP contribution in [0.1, 0.15) is 31.9 Å². The Morgan fingerprint density at radius 3 is 2.60 bits per heavy atom. The molecule has 0 bridgehead atoms. The molecule has 1 aliphatic rings. The van der Waals surface area contributed by atoms with Gasteiger partial charge in [0.25, 0.3) is 0 Å². The summed E-state index contributed by atoms with van der Waals surface area (Å²) in [6.45, 7) is 6.23. The van der Waals surface area contributed by atoms with Gasteiger partial charge >= 0.3 is 0 Å². The van der Waals surface area contributed by atoms with E-state index in [1.165, 1.54) is 5.56 Å². The molecule has 5 heteroatoms. The Morgan fingerprint density at radius 1 is 1.35 bits per heavy atom. The van der Waals surface area contributed by atoms with Gasteiger partial charge in [0.15, 0.2) is 0 Å². The molecule has 1 saturated heterocycles. The number of anilines is 1. The lowest BCUT2D eigenvalue weighted by Gasteiger charge is -2.25. The van der Waals surface area contributed by atoms with Crippen molar-refractivity contribution in [1.29, 1.82) is 0 Å². The van der Waals surface area contributed by atoms with Crippen LogP contribution in [-0.2, 0) is 0 Å². The summed E-state index contributed by atoms with van der Waals surface area (Å²) in [5.41, 5.74) is 2.27. The molecule has 0 aromatic heterocycles. The quantitative estimate of drug-likeness (QED) is 0.766. The summed E-state index contributed by atoms with van der Waals surface area (Å²) in [6.07, 6.45) is -0.231. The van der Waals surface area contributed by atoms with Crippen molar-refractivity contribution in [3.63, 3.8) is 0 Å². The highest BCUT2D eigenvalue weighted by molar-refractivity contribution is 9.10. The molecule has 1 fully saturated rings. The van der Waals surface area contributed by atoms with Crippen molar-refractivity contribution in [2.45, 2.75) is 38.5 Å². The molecule has 20 heavy (non-hydrogen) atoms. The van der Waals surface area contributed by atoms with E-state index in [0.717, 1.165) is 23.1 Å². The molecule has 1 aliphatic heterocycles. The molecule has 3 N–H and O–H groups in total. The largest absolute Gasteiger partial charge is 0.389 e. The highest BCUT2D eigenvalue weighted by atomic mass is 79.9. The lowest BCUT2D eigenvalue weighted by Crippen LogP contribution is -2.26. The van der Waals surface area contributed by atoms with Crippen LogP contribution < -0.4 is 10.2 Å². The number of nitrogens with zero attached hydrogens (tertiary/aromatic N) is 1. The van der Waals surface area contributed by atoms with Crippen LogP contribution in [0.15, 0.2) is 22.7 Å². The van der Waals surface area contributed by atoms with Gasteiger partial charge in [0.05, 0.1) is 12.2 Å². The monoisotopic (exact) mass is 342 g/mol. The average molecular weight is 343 g/mol. The van der Waals surface area contributed by atoms with Crippen molar-refractivity contribution >= 4 is 21.6 Å². The van der Waals surface area contributed by atoms with Crippen LogP contribution in [0.25, 0.3) is 0 Å². The first-order valence-electron chi connectivity index (χ1n) is 7.16. The SMILES string of the molecule is CCCNC(C)c1cc(Br)ccc1N1CC(O)C(O)C1. The Hall–Kier alpha value is -0.620. The second kappa shape index (κ2) is 6.89. The maximum Gasteiger partial charge on any atom is 0.0990 e. The first-order chi connectivity index (χ1) is 9.52. The summed E-state index contributed by atoms with van der Waals surface area (Å²) in [4.78, 5) is 2.06. The number of rotatable bonds is 5. The Balaban J connectivity index is 2.24. The number of hydrogen-bond acceptors (Lipinski definition) is 4. The maximum atomic E-state index is 9.74. The summed E-state index contributed by atoms with van der Waals surface area (Å²) in [5.74, 6) is 0. The van der Waals surface area contributed by atoms with Crippen LogP contribution in [0.2, 0.25) is 0 Å². The van der Waals surface area contributed by atoms with Crippen molar-refractivity contribution in [2.24, 2.45) is 0 Å². The maximum absolute atomic E-state index is 9.74. The molecule has 3 atom stereocenters. The Morgan fingerprint density at radius 2 is 2.00 bits per heavy atom. The summed E-state index contributed by atoms with van der Waals surface area (Å²) >= 11 is 3.52. The molecule has 3 unspecified atom stereocenters. The fraction of sp³-hybridized carbons (Fsp3) is 0.600. The number of aliphatic hydroxyl groups excluding tert-OH is 2. The van der Waals surface area contributed by atoms with Crippen LogP contribution in [0.4, 0.5) is 5.69 Å². The van der Waals surface area contributed by atoms with E-state index in [9.17, 15) is 10.2 Å². The van der Waals surface area contributed by atoms with E-state index in [4.69, 9.17) is 0 Å². The summed E-state index contributed by atoms with van der Waals surface area (Å²) in [7, 11) is 0. The van der Waals surface area contributed by atoms with Crippen LogP contribution >= 0.6 is 15.9 Å². The second-order valence-electron chi connectivity index (χ2n) is 5.42. The Kier molecular flexibility index (Phi) is 5.43. The first kappa shape index (κ1) is 15.8. The molecule has 4 nitrogen and oxygen atoms in total. The third-order valence-electron chi connectivity index (χ3n) is 3.76. The third-order valence-corrected chi connectivity index (χ3v) is 4.25. The molecule has 0 saturated carbocycles. The van der Waals surface area contributed by atoms with Gasteiger partial charge in [0, 0.05) is 29.3 Å². The van der Waals surface area contributed by atoms with Crippen molar-refractivity contribution in [1.82, 2.24) is 5.32 Å². The van der Waals surface area contributed by atoms with Gasteiger partial charge in [-0.15, -0.1) is 0 Å². The lowest BCUT2D eigenvalue weighted by atomic mass is 10.1. The Labute approximate surface area is 128 Å². The topological polar surface area (TPSA) is 55.7 Å². The summed E-state index contributed by atoms with van der Waals surface area (Å²) < 4.78 is 1.04. The van der Waals surface area contributed by atoms with E-state index >= 15 is 0 Å². The minimum Gasteiger partial charge on any atom is -0.389 e. The van der Waals surface area contributed by atoms with Gasteiger partial charge in [-0.1, -0.05) is 22.9 Å². The lowest BCUT2D eigenvalue weighted by molar-refractivity contribution is 0.0572. The fourth-order valence-corrected chi connectivity index (χ4v) is 2.98. The van der Waals surface area contributed by atoms with E-state index in [1.54, 1.807) is 0 Å². The van der Waals surface area contributed by atoms with Gasteiger partial charge in [0.2, 0.25) is 0 Å². The van der Waals surface area contributed by atoms with E-state index in [0.29, 0.717) is 13.1 Å². The molecular weight excluding hydrogens is 320 g/mol. The van der Waals surface area contributed by atoms with Gasteiger partial charge < -0.3 is 20.4 Å². The number of halogens is 1. The van der Waals surface area contributed by atoms with Crippen LogP contribution in [0.3, 0.4) is 0 Å². The fourth-order valence-electron chi connectivity index (χ4n) is 2.60. The summed E-state index contributed by atoms with van der Waals surface area (Å²) in [5, 5.41) is 23.0. The van der Waals surface area contributed by atoms with Gasteiger partial charge in [-0.05, 0) is 43.7 Å². The number of nitrogens with one attached hydrogen (secondary N) is 1. The molecule has 0 spiro atoms. The number of benzene rings is 1. The van der Waals surface area contributed by atoms with Crippen LogP contribution in [-0.4, -0.2) is 42.1 Å². The third kappa shape index (κ3) is 3.52. The standard InChI is InChI=1S/C15H23BrN2O2/c1-3-6-17-10(2)12-7-11(16)4-5-13(12)18-8-14(19)15(20)9-18/h4-5,7,10,14-15,17,19-20H,3,6,8-9H2,1-2H3. The molecule has 0 aliphatic carbocycles. The number of hydrogen-bond donors (Lipinski definition) is 3. The van der Waals surface area contributed by atoms with Crippen molar-refractivity contribution in [3.8, 4) is 0 Å². The summed E-state index contributed by atoms with van der Waals surface area (Å²) in [6, 6.07) is 6.40. The van der Waals surface area contributed by atoms with Crippen molar-refractivity contribution in [3.05, 3.63) is 28.2 Å². The van der Waals surface area contributed by atoms with Gasteiger partial charge in [-0.2, -0.15) is 0 Å². The van der Waals surface area contributed by atoms with E-state index in [-0.39, 0.29) is 6.04 Å². The highest BCUT2D eigenvalue weighted by Crippen LogP contribution is 2.31. The minimum atomic E-state index is -0.662. The zero-order valence-corrected chi connectivity index (χ0v) is 13.6. The number of β-amino-alcohol motifs (C(OH)–C–C–N with tert-alkyl or cyclic N) is 2. The molecule has 2 rings (SSSR count). The van der Waals surface area contributed by atoms with E-state index < -0.39 is 12.2 Å². The van der Waals surface area contributed by atoms with Gasteiger partial charge in [-0.3, -0.25) is 0 Å². The first-order valence-corrected chi connectivity index (χ1v) is 7.96. The Bertz CT molecular complexity index is 445. The van der Waals surface area contributed by atoms with E-state index in [2.05, 4.69) is 46.1 Å².